The quantitative estimate of drug-likeness (QED) is 0.833. The van der Waals surface area contributed by atoms with Crippen LogP contribution in [0.4, 0.5) is 10.5 Å². The normalized spacial score (nSPS) is 18.3. The second-order valence-corrected chi connectivity index (χ2v) is 7.28. The molecule has 1 aliphatic heterocycles. The van der Waals surface area contributed by atoms with E-state index in [2.05, 4.69) is 29.6 Å². The Kier molecular flexibility index (Phi) is 5.58. The molecule has 6 heteroatoms. The number of benzene rings is 1. The highest BCUT2D eigenvalue weighted by Gasteiger charge is 2.32. The Morgan fingerprint density at radius 2 is 1.80 bits per heavy atom. The van der Waals surface area contributed by atoms with Crippen molar-refractivity contribution < 1.29 is 9.59 Å². The van der Waals surface area contributed by atoms with E-state index < -0.39 is 0 Å². The van der Waals surface area contributed by atoms with Gasteiger partial charge in [0.05, 0.1) is 0 Å². The molecular formula is C19H28N4O2. The summed E-state index contributed by atoms with van der Waals surface area (Å²) < 4.78 is 0. The summed E-state index contributed by atoms with van der Waals surface area (Å²) in [5.74, 6) is 0.776. The first-order valence-corrected chi connectivity index (χ1v) is 9.15. The SMILES string of the molecule is CN(C)[C@H](CNC(=O)Nc1ccc(C(=O)N2CCCC2)cc1)C1CC1. The molecule has 6 nitrogen and oxygen atoms in total. The van der Waals surface area contributed by atoms with Crippen molar-refractivity contribution in [3.8, 4) is 0 Å². The second-order valence-electron chi connectivity index (χ2n) is 7.28. The molecule has 0 spiro atoms. The molecule has 25 heavy (non-hydrogen) atoms. The van der Waals surface area contributed by atoms with Gasteiger partial charge in [-0.15, -0.1) is 0 Å². The molecule has 1 heterocycles. The van der Waals surface area contributed by atoms with Crippen LogP contribution in [0.5, 0.6) is 0 Å². The Bertz CT molecular complexity index is 602. The molecule has 1 aromatic carbocycles. The summed E-state index contributed by atoms with van der Waals surface area (Å²) in [5.41, 5.74) is 1.37. The minimum atomic E-state index is -0.203. The molecular weight excluding hydrogens is 316 g/mol. The highest BCUT2D eigenvalue weighted by atomic mass is 16.2. The van der Waals surface area contributed by atoms with E-state index in [9.17, 15) is 9.59 Å². The lowest BCUT2D eigenvalue weighted by Gasteiger charge is -2.24. The van der Waals surface area contributed by atoms with Gasteiger partial charge in [0, 0.05) is 36.9 Å². The average Bonchev–Trinajstić information content (AvgIpc) is 3.27. The molecule has 1 atom stereocenters. The molecule has 2 N–H and O–H groups in total. The molecule has 1 saturated carbocycles. The number of hydrogen-bond donors (Lipinski definition) is 2. The first-order valence-electron chi connectivity index (χ1n) is 9.15. The van der Waals surface area contributed by atoms with Crippen LogP contribution in [-0.4, -0.2) is 61.5 Å². The molecule has 2 fully saturated rings. The Morgan fingerprint density at radius 1 is 1.16 bits per heavy atom. The van der Waals surface area contributed by atoms with Crippen LogP contribution in [0.1, 0.15) is 36.0 Å². The predicted octanol–water partition coefficient (Wildman–Crippen LogP) is 2.38. The third-order valence-electron chi connectivity index (χ3n) is 5.08. The van der Waals surface area contributed by atoms with Crippen LogP contribution in [0.15, 0.2) is 24.3 Å². The van der Waals surface area contributed by atoms with Gasteiger partial charge in [0.15, 0.2) is 0 Å². The zero-order valence-electron chi connectivity index (χ0n) is 15.1. The van der Waals surface area contributed by atoms with Crippen molar-refractivity contribution in [2.45, 2.75) is 31.7 Å². The minimum Gasteiger partial charge on any atom is -0.339 e. The fraction of sp³-hybridized carbons (Fsp3) is 0.579. The van der Waals surface area contributed by atoms with E-state index in [4.69, 9.17) is 0 Å². The van der Waals surface area contributed by atoms with Crippen LogP contribution >= 0.6 is 0 Å². The van der Waals surface area contributed by atoms with Crippen molar-refractivity contribution in [3.05, 3.63) is 29.8 Å². The van der Waals surface area contributed by atoms with Gasteiger partial charge < -0.3 is 20.4 Å². The van der Waals surface area contributed by atoms with E-state index in [1.807, 2.05) is 4.90 Å². The summed E-state index contributed by atoms with van der Waals surface area (Å²) in [7, 11) is 4.11. The first-order chi connectivity index (χ1) is 12.0. The number of amides is 3. The van der Waals surface area contributed by atoms with Gasteiger partial charge in [-0.3, -0.25) is 4.79 Å². The summed E-state index contributed by atoms with van der Waals surface area (Å²) >= 11 is 0. The number of anilines is 1. The van der Waals surface area contributed by atoms with Gasteiger partial charge in [-0.1, -0.05) is 0 Å². The van der Waals surface area contributed by atoms with Crippen LogP contribution in [0, 0.1) is 5.92 Å². The zero-order valence-corrected chi connectivity index (χ0v) is 15.1. The summed E-state index contributed by atoms with van der Waals surface area (Å²) in [6, 6.07) is 7.32. The van der Waals surface area contributed by atoms with E-state index in [0.717, 1.165) is 25.9 Å². The van der Waals surface area contributed by atoms with Gasteiger partial charge in [0.25, 0.3) is 5.91 Å². The molecule has 1 aromatic rings. The maximum atomic E-state index is 12.3. The molecule has 0 bridgehead atoms. The smallest absolute Gasteiger partial charge is 0.319 e. The Labute approximate surface area is 149 Å². The number of likely N-dealkylation sites (N-methyl/N-ethyl adjacent to an activating group) is 1. The number of carbonyl (C=O) groups is 2. The number of hydrogen-bond acceptors (Lipinski definition) is 3. The van der Waals surface area contributed by atoms with Gasteiger partial charge >= 0.3 is 6.03 Å². The van der Waals surface area contributed by atoms with Crippen molar-refractivity contribution in [1.82, 2.24) is 15.1 Å². The van der Waals surface area contributed by atoms with Gasteiger partial charge in [-0.2, -0.15) is 0 Å². The molecule has 0 aromatic heterocycles. The molecule has 0 radical (unpaired) electrons. The van der Waals surface area contributed by atoms with Crippen molar-refractivity contribution in [3.63, 3.8) is 0 Å². The molecule has 1 saturated heterocycles. The zero-order chi connectivity index (χ0) is 17.8. The molecule has 136 valence electrons. The van der Waals surface area contributed by atoms with Crippen LogP contribution in [0.2, 0.25) is 0 Å². The Morgan fingerprint density at radius 3 is 2.36 bits per heavy atom. The van der Waals surface area contributed by atoms with Crippen LogP contribution in [0.25, 0.3) is 0 Å². The summed E-state index contributed by atoms with van der Waals surface area (Å²) in [6.45, 7) is 2.33. The largest absolute Gasteiger partial charge is 0.339 e. The number of carbonyl (C=O) groups excluding carboxylic acids is 2. The number of rotatable bonds is 6. The molecule has 2 aliphatic rings. The Hall–Kier alpha value is -2.08. The maximum absolute atomic E-state index is 12.3. The van der Waals surface area contributed by atoms with Crippen LogP contribution in [0.3, 0.4) is 0 Å². The minimum absolute atomic E-state index is 0.0757. The topological polar surface area (TPSA) is 64.7 Å². The van der Waals surface area contributed by atoms with Crippen LogP contribution < -0.4 is 10.6 Å². The fourth-order valence-electron chi connectivity index (χ4n) is 3.42. The second kappa shape index (κ2) is 7.87. The summed E-state index contributed by atoms with van der Waals surface area (Å²) in [6.07, 6.45) is 4.66. The summed E-state index contributed by atoms with van der Waals surface area (Å²) in [5, 5.41) is 5.79. The summed E-state index contributed by atoms with van der Waals surface area (Å²) in [4.78, 5) is 28.5. The third kappa shape index (κ3) is 4.72. The van der Waals surface area contributed by atoms with Crippen molar-refractivity contribution >= 4 is 17.6 Å². The highest BCUT2D eigenvalue weighted by molar-refractivity contribution is 5.95. The van der Waals surface area contributed by atoms with Crippen molar-refractivity contribution in [2.24, 2.45) is 5.92 Å². The lowest BCUT2D eigenvalue weighted by atomic mass is 10.1. The van der Waals surface area contributed by atoms with E-state index in [1.54, 1.807) is 24.3 Å². The highest BCUT2D eigenvalue weighted by Crippen LogP contribution is 2.34. The van der Waals surface area contributed by atoms with E-state index >= 15 is 0 Å². The average molecular weight is 344 g/mol. The first kappa shape index (κ1) is 17.7. The lowest BCUT2D eigenvalue weighted by molar-refractivity contribution is 0.0793. The van der Waals surface area contributed by atoms with E-state index in [0.29, 0.717) is 29.8 Å². The third-order valence-corrected chi connectivity index (χ3v) is 5.08. The van der Waals surface area contributed by atoms with Crippen LogP contribution in [-0.2, 0) is 0 Å². The van der Waals surface area contributed by atoms with Gasteiger partial charge in [0.2, 0.25) is 0 Å². The molecule has 1 aliphatic carbocycles. The monoisotopic (exact) mass is 344 g/mol. The fourth-order valence-corrected chi connectivity index (χ4v) is 3.42. The Balaban J connectivity index is 1.48. The maximum Gasteiger partial charge on any atom is 0.319 e. The number of nitrogens with one attached hydrogen (secondary N) is 2. The standard InChI is InChI=1S/C19H28N4O2/c1-22(2)17(14-5-6-14)13-20-19(25)21-16-9-7-15(8-10-16)18(24)23-11-3-4-12-23/h7-10,14,17H,3-6,11-13H2,1-2H3,(H2,20,21,25)/t17-/m1/s1. The molecule has 3 rings (SSSR count). The number of nitrogens with zero attached hydrogens (tertiary/aromatic N) is 2. The van der Waals surface area contributed by atoms with Crippen molar-refractivity contribution in [2.75, 3.05) is 39.0 Å². The number of urea groups is 1. The number of likely N-dealkylation sites (tertiary alicyclic amines) is 1. The van der Waals surface area contributed by atoms with Gasteiger partial charge in [0.1, 0.15) is 0 Å². The molecule has 3 amide bonds. The van der Waals surface area contributed by atoms with Crippen molar-refractivity contribution in [1.29, 1.82) is 0 Å². The van der Waals surface area contributed by atoms with E-state index in [1.165, 1.54) is 12.8 Å². The van der Waals surface area contributed by atoms with Gasteiger partial charge in [-0.05, 0) is 70.0 Å². The van der Waals surface area contributed by atoms with Gasteiger partial charge in [-0.25, -0.2) is 4.79 Å². The lowest BCUT2D eigenvalue weighted by Crippen LogP contribution is -2.43. The molecule has 0 unspecified atom stereocenters. The van der Waals surface area contributed by atoms with E-state index in [-0.39, 0.29) is 11.9 Å². The predicted molar refractivity (Wildman–Crippen MR) is 98.8 cm³/mol.